The molecule has 0 bridgehead atoms. The minimum absolute atomic E-state index is 0.143. The Morgan fingerprint density at radius 2 is 1.93 bits per heavy atom. The summed E-state index contributed by atoms with van der Waals surface area (Å²) in [5.74, 6) is 1.39. The molecule has 0 aliphatic heterocycles. The third-order valence-electron chi connectivity index (χ3n) is 4.12. The topological polar surface area (TPSA) is 73.8 Å². The van der Waals surface area contributed by atoms with E-state index in [2.05, 4.69) is 10.2 Å². The van der Waals surface area contributed by atoms with Crippen LogP contribution in [0.25, 0.3) is 16.6 Å². The molecule has 0 radical (unpaired) electrons. The van der Waals surface area contributed by atoms with Gasteiger partial charge in [-0.15, -0.1) is 10.2 Å². The van der Waals surface area contributed by atoms with Gasteiger partial charge in [-0.3, -0.25) is 9.36 Å². The molecule has 4 aromatic rings. The van der Waals surface area contributed by atoms with Crippen LogP contribution in [0.4, 0.5) is 0 Å². The summed E-state index contributed by atoms with van der Waals surface area (Å²) >= 11 is 7.65. The van der Waals surface area contributed by atoms with Crippen LogP contribution in [0.2, 0.25) is 5.02 Å². The fraction of sp³-hybridized carbons (Fsp3) is 0.158. The number of rotatable bonds is 4. The molecule has 27 heavy (non-hydrogen) atoms. The van der Waals surface area contributed by atoms with Gasteiger partial charge in [-0.05, 0) is 36.8 Å². The molecule has 0 saturated carbocycles. The van der Waals surface area contributed by atoms with Gasteiger partial charge in [0.25, 0.3) is 5.56 Å². The van der Waals surface area contributed by atoms with Gasteiger partial charge in [0, 0.05) is 11.9 Å². The first-order chi connectivity index (χ1) is 13.0. The van der Waals surface area contributed by atoms with Gasteiger partial charge >= 0.3 is 0 Å². The minimum Gasteiger partial charge on any atom is -0.425 e. The number of para-hydroxylation sites is 1. The molecule has 2 aromatic carbocycles. The highest BCUT2D eigenvalue weighted by atomic mass is 35.5. The zero-order valence-electron chi connectivity index (χ0n) is 14.6. The molecule has 2 heterocycles. The van der Waals surface area contributed by atoms with Crippen molar-refractivity contribution in [2.75, 3.05) is 0 Å². The van der Waals surface area contributed by atoms with Gasteiger partial charge in [0.2, 0.25) is 11.8 Å². The Kier molecular flexibility index (Phi) is 4.72. The number of fused-ring (bicyclic) bond motifs is 1. The highest BCUT2D eigenvalue weighted by molar-refractivity contribution is 7.98. The monoisotopic (exact) mass is 398 g/mol. The predicted octanol–water partition coefficient (Wildman–Crippen LogP) is 4.33. The predicted molar refractivity (Wildman–Crippen MR) is 106 cm³/mol. The molecule has 0 fully saturated rings. The number of nitrogens with zero attached hydrogens (tertiary/aromatic N) is 4. The van der Waals surface area contributed by atoms with Gasteiger partial charge in [0.1, 0.15) is 0 Å². The van der Waals surface area contributed by atoms with E-state index < -0.39 is 0 Å². The number of hydrogen-bond acceptors (Lipinski definition) is 6. The summed E-state index contributed by atoms with van der Waals surface area (Å²) in [5.41, 5.74) is 2.02. The molecule has 4 rings (SSSR count). The molecular weight excluding hydrogens is 384 g/mol. The van der Waals surface area contributed by atoms with Crippen molar-refractivity contribution in [1.82, 2.24) is 19.7 Å². The highest BCUT2D eigenvalue weighted by Gasteiger charge is 2.16. The molecule has 8 heteroatoms. The lowest BCUT2D eigenvalue weighted by Gasteiger charge is -2.15. The number of thioether (sulfide) groups is 1. The quantitative estimate of drug-likeness (QED) is 0.376. The van der Waals surface area contributed by atoms with E-state index in [4.69, 9.17) is 21.0 Å². The zero-order chi connectivity index (χ0) is 19.0. The van der Waals surface area contributed by atoms with Gasteiger partial charge in [-0.1, -0.05) is 41.6 Å². The van der Waals surface area contributed by atoms with Gasteiger partial charge in [-0.25, -0.2) is 4.98 Å². The fourth-order valence-electron chi connectivity index (χ4n) is 2.78. The third-order valence-corrected chi connectivity index (χ3v) is 5.45. The van der Waals surface area contributed by atoms with Gasteiger partial charge in [-0.2, -0.15) is 0 Å². The van der Waals surface area contributed by atoms with E-state index in [1.807, 2.05) is 37.3 Å². The second-order valence-corrected chi connectivity index (χ2v) is 7.29. The van der Waals surface area contributed by atoms with E-state index in [0.29, 0.717) is 44.3 Å². The van der Waals surface area contributed by atoms with Crippen molar-refractivity contribution in [3.05, 3.63) is 75.2 Å². The maximum absolute atomic E-state index is 13.2. The number of hydrogen-bond donors (Lipinski definition) is 0. The maximum Gasteiger partial charge on any atom is 0.266 e. The Bertz CT molecular complexity index is 1200. The van der Waals surface area contributed by atoms with E-state index in [1.165, 1.54) is 11.8 Å². The molecule has 0 aliphatic carbocycles. The number of benzene rings is 2. The van der Waals surface area contributed by atoms with Crippen molar-refractivity contribution in [3.63, 3.8) is 0 Å². The summed E-state index contributed by atoms with van der Waals surface area (Å²) in [5, 5.41) is 9.53. The maximum atomic E-state index is 13.2. The standard InChI is InChI=1S/C19H15ClN4O2S/c1-11-14(20)7-5-9-16(11)24-18(25)13-6-3-4-8-15(13)21-19(24)27-10-17-23-22-12(2)26-17/h3-9H,10H2,1-2H3. The zero-order valence-corrected chi connectivity index (χ0v) is 16.2. The van der Waals surface area contributed by atoms with E-state index in [9.17, 15) is 4.79 Å². The molecule has 0 aliphatic rings. The first kappa shape index (κ1) is 17.8. The number of halogens is 1. The van der Waals surface area contributed by atoms with E-state index in [0.717, 1.165) is 5.56 Å². The third kappa shape index (κ3) is 3.36. The molecule has 0 unspecified atom stereocenters. The van der Waals surface area contributed by atoms with Gasteiger partial charge in [0.05, 0.1) is 22.3 Å². The van der Waals surface area contributed by atoms with Crippen LogP contribution in [0.3, 0.4) is 0 Å². The summed E-state index contributed by atoms with van der Waals surface area (Å²) in [7, 11) is 0. The molecule has 0 amide bonds. The van der Waals surface area contributed by atoms with Crippen molar-refractivity contribution in [2.24, 2.45) is 0 Å². The first-order valence-electron chi connectivity index (χ1n) is 8.23. The molecule has 0 spiro atoms. The lowest BCUT2D eigenvalue weighted by Crippen LogP contribution is -2.22. The van der Waals surface area contributed by atoms with Crippen molar-refractivity contribution in [2.45, 2.75) is 24.8 Å². The summed E-state index contributed by atoms with van der Waals surface area (Å²) in [6.07, 6.45) is 0. The minimum atomic E-state index is -0.143. The SMILES string of the molecule is Cc1nnc(CSc2nc3ccccc3c(=O)n2-c2cccc(Cl)c2C)o1. The van der Waals surface area contributed by atoms with Crippen molar-refractivity contribution in [3.8, 4) is 5.69 Å². The van der Waals surface area contributed by atoms with Crippen LogP contribution in [0.15, 0.2) is 56.8 Å². The molecule has 0 atom stereocenters. The molecule has 2 aromatic heterocycles. The Morgan fingerprint density at radius 1 is 1.11 bits per heavy atom. The molecule has 6 nitrogen and oxygen atoms in total. The highest BCUT2D eigenvalue weighted by Crippen LogP contribution is 2.28. The number of aryl methyl sites for hydroxylation is 1. The summed E-state index contributed by atoms with van der Waals surface area (Å²) in [4.78, 5) is 17.9. The van der Waals surface area contributed by atoms with E-state index in [-0.39, 0.29) is 5.56 Å². The summed E-state index contributed by atoms with van der Waals surface area (Å²) < 4.78 is 7.03. The van der Waals surface area contributed by atoms with Crippen LogP contribution in [0.1, 0.15) is 17.3 Å². The molecule has 136 valence electrons. The fourth-order valence-corrected chi connectivity index (χ4v) is 3.79. The van der Waals surface area contributed by atoms with Crippen LogP contribution in [0.5, 0.6) is 0 Å². The van der Waals surface area contributed by atoms with Gasteiger partial charge < -0.3 is 4.42 Å². The summed E-state index contributed by atoms with van der Waals surface area (Å²) in [6.45, 7) is 3.62. The molecule has 0 saturated heterocycles. The second-order valence-electron chi connectivity index (χ2n) is 5.94. The Balaban J connectivity index is 1.90. The average Bonchev–Trinajstić information content (AvgIpc) is 3.08. The Labute approximate surface area is 164 Å². The van der Waals surface area contributed by atoms with Crippen LogP contribution >= 0.6 is 23.4 Å². The largest absolute Gasteiger partial charge is 0.425 e. The van der Waals surface area contributed by atoms with E-state index in [1.54, 1.807) is 23.6 Å². The Hall–Kier alpha value is -2.64. The normalized spacial score (nSPS) is 11.2. The first-order valence-corrected chi connectivity index (χ1v) is 9.60. The van der Waals surface area contributed by atoms with Crippen molar-refractivity contribution < 1.29 is 4.42 Å². The van der Waals surface area contributed by atoms with Crippen molar-refractivity contribution >= 4 is 34.3 Å². The Morgan fingerprint density at radius 3 is 2.70 bits per heavy atom. The molecule has 0 N–H and O–H groups in total. The van der Waals surface area contributed by atoms with Crippen molar-refractivity contribution in [1.29, 1.82) is 0 Å². The smallest absolute Gasteiger partial charge is 0.266 e. The second kappa shape index (κ2) is 7.17. The molecular formula is C19H15ClN4O2S. The number of aromatic nitrogens is 4. The average molecular weight is 399 g/mol. The van der Waals surface area contributed by atoms with Gasteiger partial charge in [0.15, 0.2) is 5.16 Å². The lowest BCUT2D eigenvalue weighted by atomic mass is 10.2. The van der Waals surface area contributed by atoms with Crippen LogP contribution in [-0.2, 0) is 5.75 Å². The van der Waals surface area contributed by atoms with Crippen LogP contribution < -0.4 is 5.56 Å². The lowest BCUT2D eigenvalue weighted by molar-refractivity contribution is 0.485. The van der Waals surface area contributed by atoms with Crippen LogP contribution in [0, 0.1) is 13.8 Å². The van der Waals surface area contributed by atoms with E-state index >= 15 is 0 Å². The summed E-state index contributed by atoms with van der Waals surface area (Å²) in [6, 6.07) is 12.8. The van der Waals surface area contributed by atoms with Crippen LogP contribution in [-0.4, -0.2) is 19.7 Å².